The molecule has 0 bridgehead atoms. The van der Waals surface area contributed by atoms with Crippen molar-refractivity contribution in [2.75, 3.05) is 26.7 Å². The monoisotopic (exact) mass is 400 g/mol. The maximum Gasteiger partial charge on any atom is 0.251 e. The average molecular weight is 401 g/mol. The number of hydrogen-bond acceptors (Lipinski definition) is 4. The molecule has 3 atom stereocenters. The second kappa shape index (κ2) is 8.76. The molecule has 152 valence electrons. The number of carbonyl (C=O) groups excluding carboxylic acids is 1. The van der Waals surface area contributed by atoms with Gasteiger partial charge in [-0.1, -0.05) is 32.4 Å². The van der Waals surface area contributed by atoms with E-state index < -0.39 is 17.7 Å². The molecule has 0 unspecified atom stereocenters. The van der Waals surface area contributed by atoms with Crippen LogP contribution in [-0.4, -0.2) is 50.0 Å². The Balaban J connectivity index is 2.16. The molecule has 1 aliphatic heterocycles. The number of benzene rings is 1. The van der Waals surface area contributed by atoms with Gasteiger partial charge in [-0.05, 0) is 43.0 Å². The van der Waals surface area contributed by atoms with E-state index in [4.69, 9.17) is 16.3 Å². The fourth-order valence-corrected chi connectivity index (χ4v) is 3.53. The number of aliphatic hydroxyl groups is 1. The van der Waals surface area contributed by atoms with Gasteiger partial charge in [-0.3, -0.25) is 4.79 Å². The van der Waals surface area contributed by atoms with Gasteiger partial charge in [-0.25, -0.2) is 4.39 Å². The van der Waals surface area contributed by atoms with Gasteiger partial charge in [0.25, 0.3) is 5.91 Å². The first kappa shape index (κ1) is 21.9. The van der Waals surface area contributed by atoms with Crippen molar-refractivity contribution >= 4 is 17.5 Å². The molecule has 7 heteroatoms. The van der Waals surface area contributed by atoms with Gasteiger partial charge in [-0.15, -0.1) is 0 Å². The molecule has 5 nitrogen and oxygen atoms in total. The van der Waals surface area contributed by atoms with Crippen molar-refractivity contribution in [3.63, 3.8) is 0 Å². The van der Waals surface area contributed by atoms with Crippen molar-refractivity contribution in [2.45, 2.75) is 45.9 Å². The summed E-state index contributed by atoms with van der Waals surface area (Å²) in [4.78, 5) is 12.6. The van der Waals surface area contributed by atoms with Crippen LogP contribution in [0.1, 0.15) is 44.0 Å². The van der Waals surface area contributed by atoms with Crippen LogP contribution >= 0.6 is 11.6 Å². The summed E-state index contributed by atoms with van der Waals surface area (Å²) in [5.41, 5.74) is -0.812. The van der Waals surface area contributed by atoms with Crippen LogP contribution in [0.4, 0.5) is 4.39 Å². The molecule has 1 aromatic carbocycles. The summed E-state index contributed by atoms with van der Waals surface area (Å²) >= 11 is 6.03. The van der Waals surface area contributed by atoms with Crippen LogP contribution in [0.2, 0.25) is 5.02 Å². The van der Waals surface area contributed by atoms with Crippen molar-refractivity contribution in [3.8, 4) is 5.75 Å². The van der Waals surface area contributed by atoms with Gasteiger partial charge < -0.3 is 20.5 Å². The molecule has 3 N–H and O–H groups in total. The Morgan fingerprint density at radius 1 is 1.48 bits per heavy atom. The maximum absolute atomic E-state index is 14.9. The number of alkyl halides is 1. The molecule has 0 radical (unpaired) electrons. The minimum Gasteiger partial charge on any atom is -0.497 e. The topological polar surface area (TPSA) is 70.6 Å². The van der Waals surface area contributed by atoms with Gasteiger partial charge >= 0.3 is 0 Å². The molecule has 0 spiro atoms. The van der Waals surface area contributed by atoms with Gasteiger partial charge in [0, 0.05) is 29.1 Å². The first-order chi connectivity index (χ1) is 12.6. The third kappa shape index (κ3) is 5.56. The van der Waals surface area contributed by atoms with Gasteiger partial charge in [-0.2, -0.15) is 0 Å². The van der Waals surface area contributed by atoms with E-state index in [1.807, 2.05) is 20.8 Å². The second-order valence-electron chi connectivity index (χ2n) is 8.43. The smallest absolute Gasteiger partial charge is 0.251 e. The van der Waals surface area contributed by atoms with E-state index in [-0.39, 0.29) is 24.4 Å². The van der Waals surface area contributed by atoms with E-state index >= 15 is 0 Å². The van der Waals surface area contributed by atoms with Crippen LogP contribution in [0.15, 0.2) is 18.2 Å². The van der Waals surface area contributed by atoms with Crippen molar-refractivity contribution < 1.29 is 19.0 Å². The van der Waals surface area contributed by atoms with Crippen LogP contribution in [0.25, 0.3) is 0 Å². The quantitative estimate of drug-likeness (QED) is 0.685. The Bertz CT molecular complexity index is 665. The minimum atomic E-state index is -1.16. The van der Waals surface area contributed by atoms with Gasteiger partial charge in [0.05, 0.1) is 13.2 Å². The van der Waals surface area contributed by atoms with E-state index in [1.54, 1.807) is 18.2 Å². The first-order valence-electron chi connectivity index (χ1n) is 9.23. The highest BCUT2D eigenvalue weighted by Crippen LogP contribution is 2.39. The molecule has 1 aromatic rings. The van der Waals surface area contributed by atoms with E-state index in [0.29, 0.717) is 35.7 Å². The van der Waals surface area contributed by atoms with E-state index in [2.05, 4.69) is 10.6 Å². The molecule has 1 fully saturated rings. The summed E-state index contributed by atoms with van der Waals surface area (Å²) in [6, 6.07) is 4.75. The number of rotatable bonds is 6. The van der Waals surface area contributed by atoms with Crippen LogP contribution in [-0.2, 0) is 0 Å². The van der Waals surface area contributed by atoms with Crippen molar-refractivity contribution in [2.24, 2.45) is 10.8 Å². The predicted octanol–water partition coefficient (Wildman–Crippen LogP) is 3.19. The summed E-state index contributed by atoms with van der Waals surface area (Å²) in [7, 11) is 1.50. The second-order valence-corrected chi connectivity index (χ2v) is 8.87. The summed E-state index contributed by atoms with van der Waals surface area (Å²) in [5.74, 6) is 0.141. The highest BCUT2D eigenvalue weighted by molar-refractivity contribution is 6.31. The molecular formula is C20H30ClFN2O3. The number of ether oxygens (including phenoxy) is 1. The fourth-order valence-electron chi connectivity index (χ4n) is 3.30. The van der Waals surface area contributed by atoms with Crippen molar-refractivity contribution in [1.29, 1.82) is 0 Å². The first-order valence-corrected chi connectivity index (χ1v) is 9.61. The highest BCUT2D eigenvalue weighted by atomic mass is 35.5. The Hall–Kier alpha value is -1.37. The Morgan fingerprint density at radius 3 is 2.78 bits per heavy atom. The minimum absolute atomic E-state index is 0.149. The van der Waals surface area contributed by atoms with Crippen LogP contribution < -0.4 is 15.4 Å². The Kier molecular flexibility index (Phi) is 7.11. The summed E-state index contributed by atoms with van der Waals surface area (Å²) in [6.45, 7) is 6.80. The molecule has 0 aliphatic carbocycles. The Labute approximate surface area is 165 Å². The number of aliphatic hydroxyl groups excluding tert-OH is 1. The molecular weight excluding hydrogens is 371 g/mol. The predicted molar refractivity (Wildman–Crippen MR) is 105 cm³/mol. The third-order valence-corrected chi connectivity index (χ3v) is 5.58. The SMILES string of the molecule is COc1cc(Cl)cc(C(=O)NC[C@]2(C[C@@H](O)C(C)(C)C)CCNC[C@H]2F)c1. The molecule has 1 aliphatic rings. The molecule has 1 amide bonds. The number of halogens is 2. The molecule has 0 aromatic heterocycles. The average Bonchev–Trinajstić information content (AvgIpc) is 2.60. The lowest BCUT2D eigenvalue weighted by atomic mass is 9.69. The fraction of sp³-hybridized carbons (Fsp3) is 0.650. The van der Waals surface area contributed by atoms with Gasteiger partial charge in [0.2, 0.25) is 0 Å². The van der Waals surface area contributed by atoms with Crippen molar-refractivity contribution in [1.82, 2.24) is 10.6 Å². The number of carbonyl (C=O) groups is 1. The molecule has 0 saturated carbocycles. The normalized spacial score (nSPS) is 24.3. The van der Waals surface area contributed by atoms with E-state index in [9.17, 15) is 14.3 Å². The largest absolute Gasteiger partial charge is 0.497 e. The number of methoxy groups -OCH3 is 1. The standard InChI is InChI=1S/C20H30ClFN2O3/c1-19(2,3)17(25)10-20(5-6-23-11-16(20)22)12-24-18(26)13-7-14(21)9-15(8-13)27-4/h7-9,16-17,23,25H,5-6,10-12H2,1-4H3,(H,24,26)/t16-,17-,20-/m1/s1. The van der Waals surface area contributed by atoms with E-state index in [1.165, 1.54) is 7.11 Å². The van der Waals surface area contributed by atoms with Crippen LogP contribution in [0.3, 0.4) is 0 Å². The zero-order chi connectivity index (χ0) is 20.2. The molecule has 2 rings (SSSR count). The molecule has 27 heavy (non-hydrogen) atoms. The molecule has 1 saturated heterocycles. The summed E-state index contributed by atoms with van der Waals surface area (Å²) in [6.07, 6.45) is -0.992. The van der Waals surface area contributed by atoms with Gasteiger partial charge in [0.15, 0.2) is 0 Å². The van der Waals surface area contributed by atoms with Crippen molar-refractivity contribution in [3.05, 3.63) is 28.8 Å². The number of nitrogens with one attached hydrogen (secondary N) is 2. The zero-order valence-corrected chi connectivity index (χ0v) is 17.2. The highest BCUT2D eigenvalue weighted by Gasteiger charge is 2.44. The maximum atomic E-state index is 14.9. The summed E-state index contributed by atoms with van der Waals surface area (Å²) in [5, 5.41) is 16.8. The lowest BCUT2D eigenvalue weighted by Gasteiger charge is -2.44. The zero-order valence-electron chi connectivity index (χ0n) is 16.4. The summed E-state index contributed by atoms with van der Waals surface area (Å²) < 4.78 is 20.1. The lowest BCUT2D eigenvalue weighted by Crippen LogP contribution is -2.54. The van der Waals surface area contributed by atoms with Crippen LogP contribution in [0.5, 0.6) is 5.75 Å². The molecule has 1 heterocycles. The number of hydrogen-bond donors (Lipinski definition) is 3. The van der Waals surface area contributed by atoms with Crippen LogP contribution in [0, 0.1) is 10.8 Å². The van der Waals surface area contributed by atoms with Gasteiger partial charge in [0.1, 0.15) is 11.9 Å². The van der Waals surface area contributed by atoms with E-state index in [0.717, 1.165) is 0 Å². The lowest BCUT2D eigenvalue weighted by molar-refractivity contribution is -0.0277. The number of amides is 1. The Morgan fingerprint density at radius 2 is 2.19 bits per heavy atom. The number of piperidine rings is 1. The third-order valence-electron chi connectivity index (χ3n) is 5.36.